The Labute approximate surface area is 229 Å². The van der Waals surface area contributed by atoms with E-state index in [0.29, 0.717) is 43.7 Å². The molecule has 0 aliphatic heterocycles. The molecule has 0 saturated heterocycles. The lowest BCUT2D eigenvalue weighted by Gasteiger charge is -2.21. The summed E-state index contributed by atoms with van der Waals surface area (Å²) >= 11 is 0. The largest absolute Gasteiger partial charge is 0.348 e. The van der Waals surface area contributed by atoms with Gasteiger partial charge in [-0.3, -0.25) is 9.59 Å². The molecular weight excluding hydrogens is 510 g/mol. The standard InChI is InChI=1S/C31H33N3O4S/c1-3-20-34(21-4-2)39(37,38)26-18-16-24(17-19-26)30(35)33-29-15-8-7-14-28(29)31(36)32-22-25-12-9-11-23-10-5-6-13-27(23)25/h5-19H,3-4,20-22H2,1-2H3,(H,32,36)(H,33,35). The number of hydrogen-bond acceptors (Lipinski definition) is 4. The Morgan fingerprint density at radius 3 is 2.10 bits per heavy atom. The van der Waals surface area contributed by atoms with Gasteiger partial charge in [-0.25, -0.2) is 8.42 Å². The highest BCUT2D eigenvalue weighted by Gasteiger charge is 2.23. The predicted octanol–water partition coefficient (Wildman–Crippen LogP) is 5.83. The second-order valence-electron chi connectivity index (χ2n) is 9.25. The molecule has 2 amide bonds. The maximum absolute atomic E-state index is 13.1. The summed E-state index contributed by atoms with van der Waals surface area (Å²) in [5, 5.41) is 7.92. The number of rotatable bonds is 11. The molecule has 2 N–H and O–H groups in total. The topological polar surface area (TPSA) is 95.6 Å². The van der Waals surface area contributed by atoms with Crippen LogP contribution in [0.4, 0.5) is 5.69 Å². The van der Waals surface area contributed by atoms with Gasteiger partial charge in [-0.15, -0.1) is 0 Å². The van der Waals surface area contributed by atoms with Crippen molar-refractivity contribution in [2.75, 3.05) is 18.4 Å². The van der Waals surface area contributed by atoms with Crippen molar-refractivity contribution in [3.63, 3.8) is 0 Å². The van der Waals surface area contributed by atoms with Crippen molar-refractivity contribution in [2.24, 2.45) is 0 Å². The summed E-state index contributed by atoms with van der Waals surface area (Å²) in [6.45, 7) is 5.10. The van der Waals surface area contributed by atoms with Crippen LogP contribution in [0, 0.1) is 0 Å². The number of benzene rings is 4. The normalized spacial score (nSPS) is 11.5. The van der Waals surface area contributed by atoms with Gasteiger partial charge in [0.1, 0.15) is 0 Å². The third kappa shape index (κ3) is 6.53. The van der Waals surface area contributed by atoms with E-state index in [1.54, 1.807) is 24.3 Å². The number of nitrogens with zero attached hydrogens (tertiary/aromatic N) is 1. The summed E-state index contributed by atoms with van der Waals surface area (Å²) < 4.78 is 27.5. The number of amides is 2. The van der Waals surface area contributed by atoms with E-state index >= 15 is 0 Å². The molecule has 0 radical (unpaired) electrons. The number of nitrogens with one attached hydrogen (secondary N) is 2. The molecule has 0 saturated carbocycles. The van der Waals surface area contributed by atoms with E-state index in [2.05, 4.69) is 10.6 Å². The number of fused-ring (bicyclic) bond motifs is 1. The molecule has 0 aliphatic carbocycles. The number of carbonyl (C=O) groups excluding carboxylic acids is 2. The van der Waals surface area contributed by atoms with Gasteiger partial charge in [-0.2, -0.15) is 4.31 Å². The molecule has 8 heteroatoms. The van der Waals surface area contributed by atoms with Crippen LogP contribution in [0.3, 0.4) is 0 Å². The Kier molecular flexibility index (Phi) is 9.11. The molecule has 4 aromatic carbocycles. The molecule has 0 fully saturated rings. The van der Waals surface area contributed by atoms with Gasteiger partial charge in [0.05, 0.1) is 16.1 Å². The van der Waals surface area contributed by atoms with Gasteiger partial charge in [0, 0.05) is 25.2 Å². The van der Waals surface area contributed by atoms with E-state index in [-0.39, 0.29) is 16.4 Å². The Bertz CT molecular complexity index is 1560. The van der Waals surface area contributed by atoms with Crippen LogP contribution in [-0.2, 0) is 16.6 Å². The van der Waals surface area contributed by atoms with Crippen LogP contribution in [-0.4, -0.2) is 37.6 Å². The Hall–Kier alpha value is -4.01. The minimum absolute atomic E-state index is 0.147. The fourth-order valence-electron chi connectivity index (χ4n) is 4.48. The molecule has 0 spiro atoms. The zero-order valence-corrected chi connectivity index (χ0v) is 23.0. The van der Waals surface area contributed by atoms with Crippen molar-refractivity contribution in [1.82, 2.24) is 9.62 Å². The number of para-hydroxylation sites is 1. The van der Waals surface area contributed by atoms with Gasteiger partial charge >= 0.3 is 0 Å². The lowest BCUT2D eigenvalue weighted by atomic mass is 10.0. The first kappa shape index (κ1) is 28.0. The first-order valence-electron chi connectivity index (χ1n) is 13.1. The SMILES string of the molecule is CCCN(CCC)S(=O)(=O)c1ccc(C(=O)Nc2ccccc2C(=O)NCc2cccc3ccccc23)cc1. The zero-order chi connectivity index (χ0) is 27.8. The highest BCUT2D eigenvalue weighted by atomic mass is 32.2. The summed E-state index contributed by atoms with van der Waals surface area (Å²) in [5.74, 6) is -0.751. The molecule has 0 bridgehead atoms. The van der Waals surface area contributed by atoms with Gasteiger partial charge in [0.15, 0.2) is 0 Å². The average molecular weight is 544 g/mol. The van der Waals surface area contributed by atoms with Crippen molar-refractivity contribution in [1.29, 1.82) is 0 Å². The highest BCUT2D eigenvalue weighted by Crippen LogP contribution is 2.21. The molecule has 0 atom stereocenters. The van der Waals surface area contributed by atoms with Crippen LogP contribution in [0.2, 0.25) is 0 Å². The maximum Gasteiger partial charge on any atom is 0.255 e. The lowest BCUT2D eigenvalue weighted by Crippen LogP contribution is -2.32. The minimum Gasteiger partial charge on any atom is -0.348 e. The number of hydrogen-bond donors (Lipinski definition) is 2. The fourth-order valence-corrected chi connectivity index (χ4v) is 6.10. The minimum atomic E-state index is -3.64. The van der Waals surface area contributed by atoms with Crippen molar-refractivity contribution in [3.8, 4) is 0 Å². The van der Waals surface area contributed by atoms with Crippen molar-refractivity contribution in [3.05, 3.63) is 108 Å². The summed E-state index contributed by atoms with van der Waals surface area (Å²) in [5.41, 5.74) is 1.98. The van der Waals surface area contributed by atoms with Crippen molar-refractivity contribution >= 4 is 38.3 Å². The van der Waals surface area contributed by atoms with Crippen LogP contribution in [0.25, 0.3) is 10.8 Å². The zero-order valence-electron chi connectivity index (χ0n) is 22.2. The Balaban J connectivity index is 1.47. The first-order chi connectivity index (χ1) is 18.8. The third-order valence-electron chi connectivity index (χ3n) is 6.44. The number of carbonyl (C=O) groups is 2. The Morgan fingerprint density at radius 2 is 1.38 bits per heavy atom. The predicted molar refractivity (Wildman–Crippen MR) is 155 cm³/mol. The molecule has 7 nitrogen and oxygen atoms in total. The smallest absolute Gasteiger partial charge is 0.255 e. The quantitative estimate of drug-likeness (QED) is 0.249. The van der Waals surface area contributed by atoms with E-state index in [1.165, 1.54) is 28.6 Å². The maximum atomic E-state index is 13.1. The molecule has 4 rings (SSSR count). The summed E-state index contributed by atoms with van der Waals surface area (Å²) in [4.78, 5) is 26.2. The van der Waals surface area contributed by atoms with E-state index in [1.807, 2.05) is 56.3 Å². The second kappa shape index (κ2) is 12.7. The van der Waals surface area contributed by atoms with Gasteiger partial charge in [-0.05, 0) is 65.6 Å². The molecule has 4 aromatic rings. The van der Waals surface area contributed by atoms with Gasteiger partial charge in [0.25, 0.3) is 11.8 Å². The molecular formula is C31H33N3O4S. The van der Waals surface area contributed by atoms with Gasteiger partial charge in [-0.1, -0.05) is 68.4 Å². The lowest BCUT2D eigenvalue weighted by molar-refractivity contribution is 0.0952. The van der Waals surface area contributed by atoms with Crippen molar-refractivity contribution < 1.29 is 18.0 Å². The van der Waals surface area contributed by atoms with E-state index in [0.717, 1.165) is 16.3 Å². The van der Waals surface area contributed by atoms with E-state index < -0.39 is 15.9 Å². The summed E-state index contributed by atoms with van der Waals surface area (Å²) in [7, 11) is -3.64. The Morgan fingerprint density at radius 1 is 0.744 bits per heavy atom. The van der Waals surface area contributed by atoms with Crippen molar-refractivity contribution in [2.45, 2.75) is 38.1 Å². The first-order valence-corrected chi connectivity index (χ1v) is 14.5. The number of sulfonamides is 1. The summed E-state index contributed by atoms with van der Waals surface area (Å²) in [6, 6.07) is 26.6. The highest BCUT2D eigenvalue weighted by molar-refractivity contribution is 7.89. The summed E-state index contributed by atoms with van der Waals surface area (Å²) in [6.07, 6.45) is 1.43. The average Bonchev–Trinajstić information content (AvgIpc) is 2.96. The van der Waals surface area contributed by atoms with Crippen LogP contribution < -0.4 is 10.6 Å². The molecule has 202 valence electrons. The van der Waals surface area contributed by atoms with Gasteiger partial charge < -0.3 is 10.6 Å². The van der Waals surface area contributed by atoms with Crippen LogP contribution in [0.15, 0.2) is 95.9 Å². The van der Waals surface area contributed by atoms with Gasteiger partial charge in [0.2, 0.25) is 10.0 Å². The van der Waals surface area contributed by atoms with E-state index in [4.69, 9.17) is 0 Å². The monoisotopic (exact) mass is 543 g/mol. The molecule has 0 heterocycles. The van der Waals surface area contributed by atoms with Crippen LogP contribution in [0.5, 0.6) is 0 Å². The fraction of sp³-hybridized carbons (Fsp3) is 0.226. The molecule has 0 aliphatic rings. The molecule has 0 aromatic heterocycles. The molecule has 0 unspecified atom stereocenters. The molecule has 39 heavy (non-hydrogen) atoms. The third-order valence-corrected chi connectivity index (χ3v) is 8.35. The van der Waals surface area contributed by atoms with E-state index in [9.17, 15) is 18.0 Å². The second-order valence-corrected chi connectivity index (χ2v) is 11.2. The van der Waals surface area contributed by atoms with Crippen LogP contribution in [0.1, 0.15) is 53.0 Å². The number of anilines is 1. The van der Waals surface area contributed by atoms with Crippen LogP contribution >= 0.6 is 0 Å².